The number of halogens is 1. The first-order valence-corrected chi connectivity index (χ1v) is 12.4. The summed E-state index contributed by atoms with van der Waals surface area (Å²) in [6, 6.07) is 7.72. The molecular formula is C20H25FN7O8P. The van der Waals surface area contributed by atoms with Gasteiger partial charge in [0.25, 0.3) is 0 Å². The third-order valence-corrected chi connectivity index (χ3v) is 6.73. The van der Waals surface area contributed by atoms with Crippen molar-refractivity contribution in [3.05, 3.63) is 63.5 Å². The van der Waals surface area contributed by atoms with Crippen LogP contribution in [0.25, 0.3) is 10.4 Å². The summed E-state index contributed by atoms with van der Waals surface area (Å²) < 4.78 is 50.7. The lowest BCUT2D eigenvalue weighted by atomic mass is 10.1. The summed E-state index contributed by atoms with van der Waals surface area (Å²) in [7, 11) is -4.49. The molecule has 2 heterocycles. The number of anilines is 1. The second kappa shape index (κ2) is 11.7. The summed E-state index contributed by atoms with van der Waals surface area (Å²) >= 11 is 0. The van der Waals surface area contributed by atoms with Crippen LogP contribution in [-0.2, 0) is 23.4 Å². The number of carbonyl (C=O) groups excluding carboxylic acids is 1. The van der Waals surface area contributed by atoms with Gasteiger partial charge in [-0.2, -0.15) is 10.1 Å². The van der Waals surface area contributed by atoms with Crippen LogP contribution in [0.15, 0.2) is 52.5 Å². The van der Waals surface area contributed by atoms with Crippen molar-refractivity contribution in [2.24, 2.45) is 5.11 Å². The number of nitrogen functional groups attached to an aromatic ring is 1. The average molecular weight is 541 g/mol. The van der Waals surface area contributed by atoms with E-state index in [1.165, 1.54) is 25.1 Å². The van der Waals surface area contributed by atoms with Gasteiger partial charge in [0.05, 0.1) is 13.2 Å². The van der Waals surface area contributed by atoms with E-state index >= 15 is 4.39 Å². The number of para-hydroxylation sites is 1. The zero-order valence-corrected chi connectivity index (χ0v) is 20.6. The highest BCUT2D eigenvalue weighted by Crippen LogP contribution is 2.48. The van der Waals surface area contributed by atoms with Gasteiger partial charge in [-0.15, -0.1) is 0 Å². The molecule has 1 aliphatic rings. The Hall–Kier alpha value is -3.52. The third kappa shape index (κ3) is 6.43. The molecule has 15 nitrogen and oxygen atoms in total. The van der Waals surface area contributed by atoms with E-state index in [-0.39, 0.29) is 18.2 Å². The van der Waals surface area contributed by atoms with Crippen LogP contribution in [0, 0.1) is 0 Å². The van der Waals surface area contributed by atoms with Gasteiger partial charge in [-0.05, 0) is 37.6 Å². The van der Waals surface area contributed by atoms with E-state index in [0.717, 1.165) is 6.20 Å². The number of azide groups is 1. The summed E-state index contributed by atoms with van der Waals surface area (Å²) in [4.78, 5) is 30.4. The zero-order valence-electron chi connectivity index (χ0n) is 19.7. The number of ether oxygens (including phenoxy) is 2. The largest absolute Gasteiger partial charge is 0.465 e. The number of benzene rings is 1. The number of aliphatic hydroxyl groups is 1. The van der Waals surface area contributed by atoms with Crippen molar-refractivity contribution in [1.29, 1.82) is 0 Å². The predicted molar refractivity (Wildman–Crippen MR) is 126 cm³/mol. The molecule has 6 atom stereocenters. The molecule has 1 aromatic heterocycles. The molecule has 0 saturated carbocycles. The minimum atomic E-state index is -4.49. The summed E-state index contributed by atoms with van der Waals surface area (Å²) in [6.07, 6.45) is -5.21. The van der Waals surface area contributed by atoms with Crippen molar-refractivity contribution in [2.45, 2.75) is 44.1 Å². The normalized spacial score (nSPS) is 25.5. The van der Waals surface area contributed by atoms with E-state index < -0.39 is 56.3 Å². The first-order chi connectivity index (χ1) is 17.5. The Kier molecular flexibility index (Phi) is 8.86. The van der Waals surface area contributed by atoms with Gasteiger partial charge in [0, 0.05) is 11.1 Å². The topological polar surface area (TPSA) is 213 Å². The third-order valence-electron chi connectivity index (χ3n) is 5.10. The van der Waals surface area contributed by atoms with Gasteiger partial charge in [0.15, 0.2) is 12.4 Å². The van der Waals surface area contributed by atoms with Crippen LogP contribution in [-0.4, -0.2) is 57.9 Å². The molecule has 0 bridgehead atoms. The van der Waals surface area contributed by atoms with Gasteiger partial charge in [0.1, 0.15) is 23.7 Å². The van der Waals surface area contributed by atoms with E-state index in [1.54, 1.807) is 25.1 Å². The van der Waals surface area contributed by atoms with Gasteiger partial charge < -0.3 is 24.8 Å². The molecule has 1 aliphatic heterocycles. The van der Waals surface area contributed by atoms with Crippen molar-refractivity contribution in [1.82, 2.24) is 14.6 Å². The fraction of sp³-hybridized carbons (Fsp3) is 0.450. The molecule has 4 N–H and O–H groups in total. The molecule has 37 heavy (non-hydrogen) atoms. The smallest absolute Gasteiger partial charge is 0.459 e. The zero-order chi connectivity index (χ0) is 27.2. The highest BCUT2D eigenvalue weighted by molar-refractivity contribution is 7.52. The number of rotatable bonds is 11. The van der Waals surface area contributed by atoms with Crippen LogP contribution in [0.3, 0.4) is 0 Å². The molecule has 0 aliphatic carbocycles. The van der Waals surface area contributed by atoms with Crippen LogP contribution in [0.2, 0.25) is 0 Å². The van der Waals surface area contributed by atoms with Crippen molar-refractivity contribution in [2.75, 3.05) is 18.9 Å². The minimum absolute atomic E-state index is 0.0498. The summed E-state index contributed by atoms with van der Waals surface area (Å²) in [5.41, 5.74) is 11.1. The Labute approximate surface area is 209 Å². The molecule has 0 amide bonds. The maximum absolute atomic E-state index is 15.1. The fourth-order valence-electron chi connectivity index (χ4n) is 3.33. The number of hydrogen-bond donors (Lipinski definition) is 3. The molecule has 17 heteroatoms. The van der Waals surface area contributed by atoms with Gasteiger partial charge in [-0.3, -0.25) is 13.9 Å². The average Bonchev–Trinajstić information content (AvgIpc) is 3.09. The minimum Gasteiger partial charge on any atom is -0.465 e. The van der Waals surface area contributed by atoms with Crippen LogP contribution in [0.4, 0.5) is 10.2 Å². The Morgan fingerprint density at radius 2 is 2.16 bits per heavy atom. The molecular weight excluding hydrogens is 516 g/mol. The van der Waals surface area contributed by atoms with E-state index in [1.807, 2.05) is 0 Å². The Morgan fingerprint density at radius 1 is 1.46 bits per heavy atom. The molecule has 2 aromatic rings. The standard InChI is InChI=1S/C20H25FN7O8P/c1-3-33-18(30)12(2)25-37(32,36-13-7-5-4-6-8-13)34-11-20(26-27-23)16(29)15(21)17(35-20)28-10-9-14(22)24-19(28)31/h4-10,12,15-17,29H,3,11H2,1-2H3,(H,25,32)(H2,22,24,31)/t12-,15+,16-,17+,20+,37?/m0/s1. The molecule has 3 rings (SSSR count). The van der Waals surface area contributed by atoms with Crippen LogP contribution >= 0.6 is 7.75 Å². The molecule has 1 fully saturated rings. The molecule has 1 unspecified atom stereocenters. The highest BCUT2D eigenvalue weighted by Gasteiger charge is 2.57. The lowest BCUT2D eigenvalue weighted by Crippen LogP contribution is -2.45. The van der Waals surface area contributed by atoms with Crippen molar-refractivity contribution in [3.8, 4) is 5.75 Å². The number of hydrogen-bond acceptors (Lipinski definition) is 11. The lowest BCUT2D eigenvalue weighted by molar-refractivity contribution is -0.144. The second-order valence-corrected chi connectivity index (χ2v) is 9.45. The second-order valence-electron chi connectivity index (χ2n) is 7.75. The monoisotopic (exact) mass is 541 g/mol. The SMILES string of the molecule is CCOC(=O)[C@H](C)NP(=O)(OC[C@@]1(N=[N+]=[N-])O[C@@H](n2ccc(N)nc2=O)[C@H](F)[C@@H]1O)Oc1ccccc1. The van der Waals surface area contributed by atoms with E-state index in [2.05, 4.69) is 20.1 Å². The first kappa shape index (κ1) is 28.1. The maximum Gasteiger partial charge on any atom is 0.459 e. The Morgan fingerprint density at radius 3 is 2.78 bits per heavy atom. The predicted octanol–water partition coefficient (Wildman–Crippen LogP) is 1.80. The highest BCUT2D eigenvalue weighted by atomic mass is 31.2. The van der Waals surface area contributed by atoms with E-state index in [0.29, 0.717) is 4.57 Å². The van der Waals surface area contributed by atoms with E-state index in [4.69, 9.17) is 29.8 Å². The van der Waals surface area contributed by atoms with Gasteiger partial charge in [-0.1, -0.05) is 23.3 Å². The molecule has 1 aromatic carbocycles. The number of esters is 1. The number of nitrogens with zero attached hydrogens (tertiary/aromatic N) is 5. The van der Waals surface area contributed by atoms with E-state index in [9.17, 15) is 19.3 Å². The Bertz CT molecular complexity index is 1260. The molecule has 0 radical (unpaired) electrons. The number of carbonyl (C=O) groups is 1. The maximum atomic E-state index is 15.1. The number of nitrogens with two attached hydrogens (primary N) is 1. The number of nitrogens with one attached hydrogen (secondary N) is 1. The molecule has 200 valence electrons. The van der Waals surface area contributed by atoms with Crippen molar-refractivity contribution in [3.63, 3.8) is 0 Å². The van der Waals surface area contributed by atoms with Crippen molar-refractivity contribution < 1.29 is 37.4 Å². The van der Waals surface area contributed by atoms with Gasteiger partial charge >= 0.3 is 19.4 Å². The quantitative estimate of drug-likeness (QED) is 0.123. The first-order valence-electron chi connectivity index (χ1n) is 10.9. The summed E-state index contributed by atoms with van der Waals surface area (Å²) in [5, 5.41) is 16.3. The van der Waals surface area contributed by atoms with Crippen LogP contribution in [0.1, 0.15) is 20.1 Å². The van der Waals surface area contributed by atoms with Gasteiger partial charge in [0.2, 0.25) is 5.72 Å². The van der Waals surface area contributed by atoms with Crippen LogP contribution < -0.4 is 21.0 Å². The number of aromatic nitrogens is 2. The summed E-state index contributed by atoms with van der Waals surface area (Å²) in [5.74, 6) is -0.842. The van der Waals surface area contributed by atoms with Gasteiger partial charge in [-0.25, -0.2) is 13.8 Å². The molecule has 1 saturated heterocycles. The van der Waals surface area contributed by atoms with Crippen LogP contribution in [0.5, 0.6) is 5.75 Å². The fourth-order valence-corrected chi connectivity index (χ4v) is 4.84. The molecule has 0 spiro atoms. The van der Waals surface area contributed by atoms with Crippen molar-refractivity contribution >= 4 is 19.5 Å². The number of aliphatic hydroxyl groups excluding tert-OH is 1. The lowest BCUT2D eigenvalue weighted by Gasteiger charge is -2.29. The number of alkyl halides is 1. The Balaban J connectivity index is 1.91. The summed E-state index contributed by atoms with van der Waals surface area (Å²) in [6.45, 7) is 1.95.